The van der Waals surface area contributed by atoms with Crippen molar-refractivity contribution in [1.82, 2.24) is 4.90 Å². The van der Waals surface area contributed by atoms with Crippen molar-refractivity contribution in [1.29, 1.82) is 0 Å². The molecule has 1 N–H and O–H groups in total. The number of nitrogens with one attached hydrogen (secondary N) is 1. The van der Waals surface area contributed by atoms with Crippen molar-refractivity contribution in [3.63, 3.8) is 0 Å². The lowest BCUT2D eigenvalue weighted by Crippen LogP contribution is -2.27. The summed E-state index contributed by atoms with van der Waals surface area (Å²) in [6.45, 7) is 5.33. The minimum atomic E-state index is -0.583. The van der Waals surface area contributed by atoms with Crippen molar-refractivity contribution >= 4 is 29.2 Å². The maximum Gasteiger partial charge on any atom is 0.412 e. The molecular weight excluding hydrogens is 304 g/mol. The Kier molecular flexibility index (Phi) is 6.00. The van der Waals surface area contributed by atoms with Crippen molar-refractivity contribution in [2.24, 2.45) is 0 Å². The van der Waals surface area contributed by atoms with E-state index in [-0.39, 0.29) is 10.8 Å². The van der Waals surface area contributed by atoms with Gasteiger partial charge in [0.1, 0.15) is 5.60 Å². The second-order valence-electron chi connectivity index (χ2n) is 5.97. The van der Waals surface area contributed by atoms with Gasteiger partial charge in [-0.2, -0.15) is 0 Å². The first kappa shape index (κ1) is 18.0. The Hall–Kier alpha value is -2.01. The second kappa shape index (κ2) is 7.31. The van der Waals surface area contributed by atoms with Gasteiger partial charge in [-0.1, -0.05) is 11.6 Å². The molecule has 0 saturated heterocycles. The molecule has 5 nitrogen and oxygen atoms in total. The van der Waals surface area contributed by atoms with Crippen LogP contribution in [0.3, 0.4) is 0 Å². The van der Waals surface area contributed by atoms with E-state index in [1.807, 2.05) is 14.1 Å². The van der Waals surface area contributed by atoms with Crippen molar-refractivity contribution < 1.29 is 14.3 Å². The quantitative estimate of drug-likeness (QED) is 0.673. The highest BCUT2D eigenvalue weighted by Crippen LogP contribution is 2.22. The number of ether oxygens (including phenoxy) is 1. The van der Waals surface area contributed by atoms with Crippen LogP contribution in [0.25, 0.3) is 0 Å². The van der Waals surface area contributed by atoms with Crippen LogP contribution in [0.2, 0.25) is 5.02 Å². The molecule has 22 heavy (non-hydrogen) atoms. The Morgan fingerprint density at radius 3 is 2.41 bits per heavy atom. The lowest BCUT2D eigenvalue weighted by molar-refractivity contribution is 0.0636. The minimum Gasteiger partial charge on any atom is -0.444 e. The van der Waals surface area contributed by atoms with Gasteiger partial charge >= 0.3 is 6.09 Å². The van der Waals surface area contributed by atoms with Gasteiger partial charge in [0.2, 0.25) is 0 Å². The fraction of sp³-hybridized carbons (Fsp3) is 0.375. The van der Waals surface area contributed by atoms with E-state index in [1.165, 1.54) is 12.1 Å². The van der Waals surface area contributed by atoms with Gasteiger partial charge in [0, 0.05) is 37.6 Å². The highest BCUT2D eigenvalue weighted by Gasteiger charge is 2.17. The van der Waals surface area contributed by atoms with Gasteiger partial charge < -0.3 is 9.64 Å². The summed E-state index contributed by atoms with van der Waals surface area (Å²) in [5.74, 6) is -0.206. The van der Waals surface area contributed by atoms with Crippen molar-refractivity contribution in [3.05, 3.63) is 41.1 Å². The first-order chi connectivity index (χ1) is 10.1. The molecule has 0 aliphatic heterocycles. The van der Waals surface area contributed by atoms with Gasteiger partial charge in [-0.15, -0.1) is 0 Å². The van der Waals surface area contributed by atoms with Crippen LogP contribution >= 0.6 is 11.6 Å². The van der Waals surface area contributed by atoms with Crippen LogP contribution in [-0.2, 0) is 4.74 Å². The van der Waals surface area contributed by atoms with Gasteiger partial charge in [0.15, 0.2) is 5.78 Å². The number of amides is 1. The molecule has 0 bridgehead atoms. The van der Waals surface area contributed by atoms with Gasteiger partial charge in [0.05, 0.1) is 5.02 Å². The summed E-state index contributed by atoms with van der Waals surface area (Å²) < 4.78 is 5.15. The van der Waals surface area contributed by atoms with E-state index < -0.39 is 11.7 Å². The molecule has 1 rings (SSSR count). The lowest BCUT2D eigenvalue weighted by Gasteiger charge is -2.19. The number of ketones is 1. The number of benzene rings is 1. The third-order valence-electron chi connectivity index (χ3n) is 2.40. The number of carbonyl (C=O) groups excluding carboxylic acids is 2. The molecule has 0 fully saturated rings. The molecule has 0 aromatic heterocycles. The summed E-state index contributed by atoms with van der Waals surface area (Å²) in [5, 5.41) is 2.84. The topological polar surface area (TPSA) is 58.6 Å². The zero-order valence-electron chi connectivity index (χ0n) is 13.4. The summed E-state index contributed by atoms with van der Waals surface area (Å²) in [4.78, 5) is 25.4. The maximum atomic E-state index is 12.0. The molecular formula is C16H21ClN2O3. The summed E-state index contributed by atoms with van der Waals surface area (Å²) in [6, 6.07) is 4.69. The smallest absolute Gasteiger partial charge is 0.412 e. The molecule has 0 unspecified atom stereocenters. The van der Waals surface area contributed by atoms with Crippen LogP contribution < -0.4 is 5.32 Å². The first-order valence-electron chi connectivity index (χ1n) is 6.77. The summed E-state index contributed by atoms with van der Waals surface area (Å²) in [6.07, 6.45) is 2.50. The summed E-state index contributed by atoms with van der Waals surface area (Å²) in [7, 11) is 3.64. The molecule has 0 spiro atoms. The number of rotatable bonds is 4. The van der Waals surface area contributed by atoms with Crippen LogP contribution in [0.1, 0.15) is 31.1 Å². The number of hydrogen-bond acceptors (Lipinski definition) is 4. The van der Waals surface area contributed by atoms with Gasteiger partial charge in [-0.25, -0.2) is 4.79 Å². The third kappa shape index (κ3) is 6.18. The minimum absolute atomic E-state index is 0.206. The Labute approximate surface area is 135 Å². The number of nitrogens with zero attached hydrogens (tertiary/aromatic N) is 1. The monoisotopic (exact) mass is 324 g/mol. The average molecular weight is 325 g/mol. The lowest BCUT2D eigenvalue weighted by atomic mass is 10.1. The Morgan fingerprint density at radius 2 is 1.91 bits per heavy atom. The number of hydrogen-bond donors (Lipinski definition) is 1. The van der Waals surface area contributed by atoms with Crippen LogP contribution in [0, 0.1) is 0 Å². The predicted octanol–water partition coefficient (Wildman–Crippen LogP) is 3.95. The number of anilines is 1. The highest BCUT2D eigenvalue weighted by molar-refractivity contribution is 6.34. The van der Waals surface area contributed by atoms with Gasteiger partial charge in [-0.3, -0.25) is 10.1 Å². The van der Waals surface area contributed by atoms with E-state index in [0.717, 1.165) is 0 Å². The zero-order valence-corrected chi connectivity index (χ0v) is 14.2. The largest absolute Gasteiger partial charge is 0.444 e. The van der Waals surface area contributed by atoms with E-state index in [2.05, 4.69) is 5.32 Å². The standard InChI is InChI=1S/C16H21ClN2O3/c1-16(2,3)22-15(21)18-11-6-7-12(13(17)10-11)14(20)8-9-19(4)5/h6-10H,1-5H3,(H,18,21)/b9-8+. The van der Waals surface area contributed by atoms with E-state index in [4.69, 9.17) is 16.3 Å². The molecule has 0 saturated carbocycles. The SMILES string of the molecule is CN(C)/C=C/C(=O)c1ccc(NC(=O)OC(C)(C)C)cc1Cl. The molecule has 0 aliphatic carbocycles. The first-order valence-corrected chi connectivity index (χ1v) is 7.15. The molecule has 0 heterocycles. The van der Waals surface area contributed by atoms with Crippen molar-refractivity contribution in [2.45, 2.75) is 26.4 Å². The molecule has 6 heteroatoms. The Bertz CT molecular complexity index is 590. The predicted molar refractivity (Wildman–Crippen MR) is 88.5 cm³/mol. The normalized spacial score (nSPS) is 11.4. The van der Waals surface area contributed by atoms with Gasteiger partial charge in [-0.05, 0) is 39.0 Å². The Morgan fingerprint density at radius 1 is 1.27 bits per heavy atom. The fourth-order valence-electron chi connectivity index (χ4n) is 1.52. The van der Waals surface area contributed by atoms with Crippen LogP contribution in [0.15, 0.2) is 30.5 Å². The average Bonchev–Trinajstić information content (AvgIpc) is 2.33. The highest BCUT2D eigenvalue weighted by atomic mass is 35.5. The van der Waals surface area contributed by atoms with Crippen LogP contribution in [0.5, 0.6) is 0 Å². The zero-order chi connectivity index (χ0) is 16.9. The maximum absolute atomic E-state index is 12.0. The molecule has 1 amide bonds. The number of allylic oxidation sites excluding steroid dienone is 1. The fourth-order valence-corrected chi connectivity index (χ4v) is 1.79. The molecule has 1 aromatic carbocycles. The third-order valence-corrected chi connectivity index (χ3v) is 2.72. The molecule has 0 aliphatic rings. The molecule has 120 valence electrons. The summed E-state index contributed by atoms with van der Waals surface area (Å²) >= 11 is 6.10. The number of carbonyl (C=O) groups is 2. The summed E-state index contributed by atoms with van der Waals surface area (Å²) in [5.41, 5.74) is 0.253. The number of halogens is 1. The van der Waals surface area contributed by atoms with Gasteiger partial charge in [0.25, 0.3) is 0 Å². The molecule has 1 aromatic rings. The van der Waals surface area contributed by atoms with E-state index in [9.17, 15) is 9.59 Å². The van der Waals surface area contributed by atoms with Crippen molar-refractivity contribution in [2.75, 3.05) is 19.4 Å². The van der Waals surface area contributed by atoms with E-state index >= 15 is 0 Å². The second-order valence-corrected chi connectivity index (χ2v) is 6.37. The molecule has 0 radical (unpaired) electrons. The van der Waals surface area contributed by atoms with Crippen LogP contribution in [0.4, 0.5) is 10.5 Å². The Balaban J connectivity index is 2.82. The van der Waals surface area contributed by atoms with Crippen LogP contribution in [-0.4, -0.2) is 36.5 Å². The van der Waals surface area contributed by atoms with Crippen molar-refractivity contribution in [3.8, 4) is 0 Å². The molecule has 0 atom stereocenters. The van der Waals surface area contributed by atoms with E-state index in [1.54, 1.807) is 44.0 Å². The van der Waals surface area contributed by atoms with E-state index in [0.29, 0.717) is 11.3 Å².